The average molecular weight is 482 g/mol. The van der Waals surface area contributed by atoms with E-state index in [2.05, 4.69) is 19.2 Å². The van der Waals surface area contributed by atoms with Crippen LogP contribution in [0.4, 0.5) is 0 Å². The van der Waals surface area contributed by atoms with E-state index >= 15 is 0 Å². The number of para-hydroxylation sites is 1. The third-order valence-corrected chi connectivity index (χ3v) is 7.69. The van der Waals surface area contributed by atoms with E-state index in [1.54, 1.807) is 38.5 Å². The second kappa shape index (κ2) is 10.5. The minimum absolute atomic E-state index is 0.0442. The monoisotopic (exact) mass is 481 g/mol. The van der Waals surface area contributed by atoms with Crippen molar-refractivity contribution in [2.75, 3.05) is 20.0 Å². The van der Waals surface area contributed by atoms with Crippen LogP contribution in [0, 0.1) is 11.8 Å². The zero-order valence-corrected chi connectivity index (χ0v) is 20.9. The molecule has 0 radical (unpaired) electrons. The number of nitrogens with one attached hydrogen (secondary N) is 1. The molecule has 1 amide bonds. The number of amides is 1. The Balaban J connectivity index is 1.65. The highest BCUT2D eigenvalue weighted by Crippen LogP contribution is 2.31. The lowest BCUT2D eigenvalue weighted by atomic mass is 9.78. The summed E-state index contributed by atoms with van der Waals surface area (Å²) in [6.45, 7) is 4.46. The van der Waals surface area contributed by atoms with Gasteiger partial charge in [-0.25, -0.2) is 4.98 Å². The van der Waals surface area contributed by atoms with Crippen LogP contribution in [0.15, 0.2) is 52.4 Å². The zero-order valence-electron chi connectivity index (χ0n) is 20.0. The van der Waals surface area contributed by atoms with E-state index in [1.807, 2.05) is 18.2 Å². The van der Waals surface area contributed by atoms with Crippen molar-refractivity contribution >= 4 is 28.6 Å². The van der Waals surface area contributed by atoms with E-state index in [1.165, 1.54) is 22.7 Å². The Morgan fingerprint density at radius 1 is 1.12 bits per heavy atom. The van der Waals surface area contributed by atoms with E-state index in [4.69, 9.17) is 14.5 Å². The van der Waals surface area contributed by atoms with Crippen molar-refractivity contribution in [3.63, 3.8) is 0 Å². The Kier molecular flexibility index (Phi) is 7.46. The Morgan fingerprint density at radius 2 is 1.88 bits per heavy atom. The average Bonchev–Trinajstić information content (AvgIpc) is 2.85. The number of hydrogen-bond donors (Lipinski definition) is 1. The summed E-state index contributed by atoms with van der Waals surface area (Å²) in [4.78, 5) is 31.0. The van der Waals surface area contributed by atoms with Crippen molar-refractivity contribution < 1.29 is 14.3 Å². The predicted octanol–water partition coefficient (Wildman–Crippen LogP) is 4.44. The Bertz CT molecular complexity index is 1240. The molecule has 1 N–H and O–H groups in total. The molecule has 180 valence electrons. The summed E-state index contributed by atoms with van der Waals surface area (Å²) in [5.74, 6) is 2.26. The highest BCUT2D eigenvalue weighted by molar-refractivity contribution is 7.99. The Hall–Kier alpha value is -3.00. The highest BCUT2D eigenvalue weighted by Gasteiger charge is 2.28. The minimum Gasteiger partial charge on any atom is -0.493 e. The molecule has 1 fully saturated rings. The van der Waals surface area contributed by atoms with Gasteiger partial charge in [0.25, 0.3) is 5.56 Å². The molecule has 34 heavy (non-hydrogen) atoms. The summed E-state index contributed by atoms with van der Waals surface area (Å²) >= 11 is 1.26. The first kappa shape index (κ1) is 24.1. The maximum Gasteiger partial charge on any atom is 0.266 e. The molecule has 0 bridgehead atoms. The van der Waals surface area contributed by atoms with Crippen molar-refractivity contribution in [3.05, 3.63) is 52.8 Å². The van der Waals surface area contributed by atoms with Crippen molar-refractivity contribution in [2.24, 2.45) is 11.8 Å². The van der Waals surface area contributed by atoms with Crippen molar-refractivity contribution in [1.82, 2.24) is 14.9 Å². The third-order valence-electron chi connectivity index (χ3n) is 6.76. The number of thioether (sulfide) groups is 1. The van der Waals surface area contributed by atoms with Crippen LogP contribution in [0.1, 0.15) is 33.1 Å². The smallest absolute Gasteiger partial charge is 0.266 e. The van der Waals surface area contributed by atoms with Crippen LogP contribution in [0.25, 0.3) is 16.6 Å². The molecule has 1 aliphatic carbocycles. The molecule has 7 nitrogen and oxygen atoms in total. The standard InChI is InChI=1S/C26H31N3O4S/c1-16-8-7-11-20(17(16)2)27-24(30)15-34-26-28-21-10-6-5-9-19(21)25(31)29(26)18-12-13-22(32-3)23(14-18)33-4/h5-6,9-10,12-14,16-17,20H,7-8,11,15H2,1-4H3,(H,27,30)/t16-,17+,20-/m1/s1. The number of hydrogen-bond acceptors (Lipinski definition) is 6. The summed E-state index contributed by atoms with van der Waals surface area (Å²) in [5, 5.41) is 4.17. The molecular weight excluding hydrogens is 450 g/mol. The van der Waals surface area contributed by atoms with Crippen LogP contribution >= 0.6 is 11.8 Å². The number of rotatable bonds is 7. The quantitative estimate of drug-likeness (QED) is 0.397. The molecule has 0 unspecified atom stereocenters. The molecule has 1 heterocycles. The maximum absolute atomic E-state index is 13.5. The summed E-state index contributed by atoms with van der Waals surface area (Å²) in [6, 6.07) is 12.7. The molecule has 1 aromatic heterocycles. The molecule has 1 saturated carbocycles. The van der Waals surface area contributed by atoms with E-state index in [0.717, 1.165) is 12.8 Å². The number of methoxy groups -OCH3 is 2. The van der Waals surface area contributed by atoms with Gasteiger partial charge in [-0.3, -0.25) is 14.2 Å². The SMILES string of the molecule is COc1ccc(-n2c(SCC(=O)N[C@@H]3CCC[C@@H](C)[C@@H]3C)nc3ccccc3c2=O)cc1OC. The van der Waals surface area contributed by atoms with Crippen LogP contribution in [0.2, 0.25) is 0 Å². The fraction of sp³-hybridized carbons (Fsp3) is 0.423. The molecule has 0 spiro atoms. The molecule has 0 aliphatic heterocycles. The second-order valence-corrected chi connectivity index (χ2v) is 9.76. The van der Waals surface area contributed by atoms with Crippen LogP contribution < -0.4 is 20.3 Å². The lowest BCUT2D eigenvalue weighted by Crippen LogP contribution is -2.44. The lowest BCUT2D eigenvalue weighted by Gasteiger charge is -2.34. The lowest BCUT2D eigenvalue weighted by molar-refractivity contribution is -0.120. The number of benzene rings is 2. The van der Waals surface area contributed by atoms with Gasteiger partial charge in [-0.1, -0.05) is 50.6 Å². The summed E-state index contributed by atoms with van der Waals surface area (Å²) < 4.78 is 12.3. The molecule has 3 atom stereocenters. The molecule has 0 saturated heterocycles. The van der Waals surface area contributed by atoms with Gasteiger partial charge in [-0.15, -0.1) is 0 Å². The van der Waals surface area contributed by atoms with Gasteiger partial charge in [0.05, 0.1) is 36.6 Å². The van der Waals surface area contributed by atoms with Gasteiger partial charge in [-0.05, 0) is 42.5 Å². The number of carbonyl (C=O) groups is 1. The largest absolute Gasteiger partial charge is 0.493 e. The Labute approximate surface area is 203 Å². The topological polar surface area (TPSA) is 82.5 Å². The Morgan fingerprint density at radius 3 is 2.65 bits per heavy atom. The van der Waals surface area contributed by atoms with Gasteiger partial charge in [0.2, 0.25) is 5.91 Å². The van der Waals surface area contributed by atoms with E-state index < -0.39 is 0 Å². The van der Waals surface area contributed by atoms with Crippen molar-refractivity contribution in [3.8, 4) is 17.2 Å². The van der Waals surface area contributed by atoms with Gasteiger partial charge in [0.15, 0.2) is 16.7 Å². The second-order valence-electron chi connectivity index (χ2n) is 8.82. The van der Waals surface area contributed by atoms with Crippen LogP contribution in [-0.2, 0) is 4.79 Å². The van der Waals surface area contributed by atoms with Gasteiger partial charge in [0, 0.05) is 12.1 Å². The van der Waals surface area contributed by atoms with Crippen molar-refractivity contribution in [1.29, 1.82) is 0 Å². The van der Waals surface area contributed by atoms with Gasteiger partial charge < -0.3 is 14.8 Å². The maximum atomic E-state index is 13.5. The van der Waals surface area contributed by atoms with Gasteiger partial charge in [0.1, 0.15) is 0 Å². The summed E-state index contributed by atoms with van der Waals surface area (Å²) in [7, 11) is 3.12. The minimum atomic E-state index is -0.199. The van der Waals surface area contributed by atoms with E-state index in [-0.39, 0.29) is 23.3 Å². The number of aromatic nitrogens is 2. The van der Waals surface area contributed by atoms with Crippen LogP contribution in [0.5, 0.6) is 11.5 Å². The molecule has 8 heteroatoms. The zero-order chi connectivity index (χ0) is 24.2. The molecule has 4 rings (SSSR count). The number of nitrogens with zero attached hydrogens (tertiary/aromatic N) is 2. The fourth-order valence-corrected chi connectivity index (χ4v) is 5.39. The molecule has 2 aromatic carbocycles. The van der Waals surface area contributed by atoms with E-state index in [9.17, 15) is 9.59 Å². The first-order chi connectivity index (χ1) is 16.4. The van der Waals surface area contributed by atoms with Crippen LogP contribution in [-0.4, -0.2) is 41.5 Å². The number of fused-ring (bicyclic) bond motifs is 1. The fourth-order valence-electron chi connectivity index (χ4n) is 4.57. The first-order valence-corrected chi connectivity index (χ1v) is 12.6. The van der Waals surface area contributed by atoms with E-state index in [0.29, 0.717) is 45.1 Å². The number of ether oxygens (including phenoxy) is 2. The summed E-state index contributed by atoms with van der Waals surface area (Å²) in [6.07, 6.45) is 3.35. The normalized spacial score (nSPS) is 20.2. The molecular formula is C26H31N3O4S. The van der Waals surface area contributed by atoms with Crippen LogP contribution in [0.3, 0.4) is 0 Å². The molecule has 3 aromatic rings. The third kappa shape index (κ3) is 4.92. The first-order valence-electron chi connectivity index (χ1n) is 11.6. The summed E-state index contributed by atoms with van der Waals surface area (Å²) in [5.41, 5.74) is 0.996. The number of carbonyl (C=O) groups excluding carboxylic acids is 1. The van der Waals surface area contributed by atoms with Gasteiger partial charge >= 0.3 is 0 Å². The predicted molar refractivity (Wildman–Crippen MR) is 135 cm³/mol. The van der Waals surface area contributed by atoms with Crippen molar-refractivity contribution in [2.45, 2.75) is 44.3 Å². The highest BCUT2D eigenvalue weighted by atomic mass is 32.2. The van der Waals surface area contributed by atoms with Gasteiger partial charge in [-0.2, -0.15) is 0 Å². The molecule has 1 aliphatic rings.